The highest BCUT2D eigenvalue weighted by atomic mass is 35.5. The lowest BCUT2D eigenvalue weighted by molar-refractivity contribution is -0.115. The Morgan fingerprint density at radius 2 is 2.05 bits per heavy atom. The van der Waals surface area contributed by atoms with Crippen molar-refractivity contribution >= 4 is 23.2 Å². The second-order valence-electron chi connectivity index (χ2n) is 7.47. The molecule has 1 aromatic rings. The topological polar surface area (TPSA) is 55.1 Å². The fourth-order valence-corrected chi connectivity index (χ4v) is 3.54. The van der Waals surface area contributed by atoms with Gasteiger partial charge in [0.15, 0.2) is 0 Å². The van der Waals surface area contributed by atoms with Gasteiger partial charge in [-0.25, -0.2) is 0 Å². The Kier molecular flexibility index (Phi) is 4.64. The van der Waals surface area contributed by atoms with Crippen molar-refractivity contribution in [2.75, 3.05) is 5.32 Å². The number of nitrogens with two attached hydrogens (primary N) is 1. The van der Waals surface area contributed by atoms with Crippen LogP contribution in [0.3, 0.4) is 0 Å². The van der Waals surface area contributed by atoms with Gasteiger partial charge in [0, 0.05) is 16.8 Å². The average molecular weight is 309 g/mol. The number of benzene rings is 1. The molecule has 0 radical (unpaired) electrons. The Balaban J connectivity index is 2.11. The van der Waals surface area contributed by atoms with Crippen LogP contribution in [0.4, 0.5) is 5.69 Å². The molecule has 2 atom stereocenters. The van der Waals surface area contributed by atoms with Crippen molar-refractivity contribution in [3.63, 3.8) is 0 Å². The van der Waals surface area contributed by atoms with Gasteiger partial charge in [-0.3, -0.25) is 4.79 Å². The Morgan fingerprint density at radius 3 is 2.67 bits per heavy atom. The normalized spacial score (nSPS) is 17.3. The Labute approximate surface area is 132 Å². The summed E-state index contributed by atoms with van der Waals surface area (Å²) in [6.45, 7) is 8.97. The molecule has 0 spiro atoms. The number of nitrogens with one attached hydrogen (secondary N) is 1. The van der Waals surface area contributed by atoms with Crippen LogP contribution in [-0.2, 0) is 11.2 Å². The van der Waals surface area contributed by atoms with Crippen LogP contribution in [0.15, 0.2) is 12.1 Å². The zero-order valence-electron chi connectivity index (χ0n) is 13.3. The summed E-state index contributed by atoms with van der Waals surface area (Å²) in [5.74, 6) is 0.553. The molecule has 1 heterocycles. The molecule has 4 heteroatoms. The molecule has 116 valence electrons. The van der Waals surface area contributed by atoms with Crippen LogP contribution >= 0.6 is 11.6 Å². The van der Waals surface area contributed by atoms with E-state index in [1.807, 2.05) is 12.1 Å². The summed E-state index contributed by atoms with van der Waals surface area (Å²) in [5.41, 5.74) is 9.43. The van der Waals surface area contributed by atoms with Crippen LogP contribution in [0, 0.1) is 11.3 Å². The number of fused-ring (bicyclic) bond motifs is 1. The summed E-state index contributed by atoms with van der Waals surface area (Å²) in [4.78, 5) is 11.4. The first kappa shape index (κ1) is 16.3. The van der Waals surface area contributed by atoms with Gasteiger partial charge in [0.1, 0.15) is 0 Å². The molecule has 1 aliphatic heterocycles. The van der Waals surface area contributed by atoms with E-state index in [1.165, 1.54) is 0 Å². The zero-order valence-corrected chi connectivity index (χ0v) is 14.1. The third kappa shape index (κ3) is 4.21. The molecule has 0 aromatic heterocycles. The van der Waals surface area contributed by atoms with E-state index in [0.717, 1.165) is 29.7 Å². The second kappa shape index (κ2) is 5.98. The highest BCUT2D eigenvalue weighted by Gasteiger charge is 2.23. The van der Waals surface area contributed by atoms with Gasteiger partial charge < -0.3 is 11.1 Å². The van der Waals surface area contributed by atoms with E-state index in [-0.39, 0.29) is 11.9 Å². The molecule has 0 bridgehead atoms. The van der Waals surface area contributed by atoms with E-state index < -0.39 is 0 Å². The first-order valence-corrected chi connectivity index (χ1v) is 7.91. The fraction of sp³-hybridized carbons (Fsp3) is 0.588. The van der Waals surface area contributed by atoms with E-state index in [0.29, 0.717) is 22.8 Å². The smallest absolute Gasteiger partial charge is 0.228 e. The molecule has 2 rings (SSSR count). The van der Waals surface area contributed by atoms with E-state index in [9.17, 15) is 4.79 Å². The van der Waals surface area contributed by atoms with Crippen molar-refractivity contribution in [2.24, 2.45) is 17.1 Å². The first-order valence-electron chi connectivity index (χ1n) is 7.53. The quantitative estimate of drug-likeness (QED) is 0.871. The van der Waals surface area contributed by atoms with Crippen molar-refractivity contribution in [3.8, 4) is 0 Å². The summed E-state index contributed by atoms with van der Waals surface area (Å²) < 4.78 is 0. The maximum absolute atomic E-state index is 11.4. The first-order chi connectivity index (χ1) is 9.65. The fourth-order valence-electron chi connectivity index (χ4n) is 3.24. The van der Waals surface area contributed by atoms with Crippen molar-refractivity contribution in [1.29, 1.82) is 0 Å². The lowest BCUT2D eigenvalue weighted by Gasteiger charge is -2.26. The summed E-state index contributed by atoms with van der Waals surface area (Å²) in [6.07, 6.45) is 2.45. The molecule has 0 aliphatic carbocycles. The molecule has 1 aliphatic rings. The van der Waals surface area contributed by atoms with Crippen LogP contribution in [0.1, 0.15) is 57.7 Å². The summed E-state index contributed by atoms with van der Waals surface area (Å²) in [6, 6.07) is 3.73. The SMILES string of the molecule is CC(CC(N)c1cc2c(cc1Cl)NC(=O)C2)CC(C)(C)C. The zero-order chi connectivity index (χ0) is 15.8. The lowest BCUT2D eigenvalue weighted by Crippen LogP contribution is -2.18. The van der Waals surface area contributed by atoms with Gasteiger partial charge in [-0.2, -0.15) is 0 Å². The minimum absolute atomic E-state index is 0.0212. The molecular weight excluding hydrogens is 284 g/mol. The van der Waals surface area contributed by atoms with E-state index in [4.69, 9.17) is 17.3 Å². The van der Waals surface area contributed by atoms with Crippen LogP contribution in [0.25, 0.3) is 0 Å². The maximum Gasteiger partial charge on any atom is 0.228 e. The van der Waals surface area contributed by atoms with Crippen molar-refractivity contribution in [1.82, 2.24) is 0 Å². The minimum Gasteiger partial charge on any atom is -0.325 e. The predicted octanol–water partition coefficient (Wildman–Crippen LogP) is 4.30. The average Bonchev–Trinajstić information content (AvgIpc) is 2.64. The standard InChI is InChI=1S/C17H25ClN2O/c1-10(9-17(2,3)4)5-14(19)12-6-11-7-16(21)20-15(11)8-13(12)18/h6,8,10,14H,5,7,9,19H2,1-4H3,(H,20,21). The van der Waals surface area contributed by atoms with E-state index >= 15 is 0 Å². The van der Waals surface area contributed by atoms with Crippen LogP contribution < -0.4 is 11.1 Å². The summed E-state index contributed by atoms with van der Waals surface area (Å²) in [7, 11) is 0. The van der Waals surface area contributed by atoms with Gasteiger partial charge in [0.2, 0.25) is 5.91 Å². The highest BCUT2D eigenvalue weighted by Crippen LogP contribution is 2.35. The molecule has 2 unspecified atom stereocenters. The largest absolute Gasteiger partial charge is 0.325 e. The number of anilines is 1. The Bertz CT molecular complexity index is 548. The molecule has 3 nitrogen and oxygen atoms in total. The monoisotopic (exact) mass is 308 g/mol. The summed E-state index contributed by atoms with van der Waals surface area (Å²) >= 11 is 6.34. The molecule has 21 heavy (non-hydrogen) atoms. The molecule has 1 aromatic carbocycles. The van der Waals surface area contributed by atoms with E-state index in [1.54, 1.807) is 0 Å². The van der Waals surface area contributed by atoms with Crippen LogP contribution in [0.5, 0.6) is 0 Å². The van der Waals surface area contributed by atoms with Crippen LogP contribution in [0.2, 0.25) is 5.02 Å². The third-order valence-electron chi connectivity index (χ3n) is 3.86. The lowest BCUT2D eigenvalue weighted by atomic mass is 9.82. The van der Waals surface area contributed by atoms with E-state index in [2.05, 4.69) is 33.0 Å². The minimum atomic E-state index is -0.0872. The number of hydrogen-bond donors (Lipinski definition) is 2. The van der Waals surface area contributed by atoms with Crippen molar-refractivity contribution in [2.45, 2.75) is 53.0 Å². The number of carbonyl (C=O) groups is 1. The Morgan fingerprint density at radius 1 is 1.38 bits per heavy atom. The van der Waals surface area contributed by atoms with Gasteiger partial charge in [-0.05, 0) is 41.4 Å². The molecule has 3 N–H and O–H groups in total. The molecule has 0 saturated carbocycles. The van der Waals surface area contributed by atoms with Crippen LogP contribution in [-0.4, -0.2) is 5.91 Å². The second-order valence-corrected chi connectivity index (χ2v) is 7.88. The number of carbonyl (C=O) groups excluding carboxylic acids is 1. The molecule has 1 amide bonds. The molecular formula is C17H25ClN2O. The molecule has 0 saturated heterocycles. The van der Waals surface area contributed by atoms with Crippen molar-refractivity contribution < 1.29 is 4.79 Å². The highest BCUT2D eigenvalue weighted by molar-refractivity contribution is 6.32. The third-order valence-corrected chi connectivity index (χ3v) is 4.19. The van der Waals surface area contributed by atoms with Crippen molar-refractivity contribution in [3.05, 3.63) is 28.3 Å². The van der Waals surface area contributed by atoms with Gasteiger partial charge in [0.05, 0.1) is 6.42 Å². The molecule has 0 fully saturated rings. The summed E-state index contributed by atoms with van der Waals surface area (Å²) in [5, 5.41) is 3.46. The number of hydrogen-bond acceptors (Lipinski definition) is 2. The van der Waals surface area contributed by atoms with Gasteiger partial charge in [-0.1, -0.05) is 45.4 Å². The maximum atomic E-state index is 11.4. The van der Waals surface area contributed by atoms with Gasteiger partial charge in [-0.15, -0.1) is 0 Å². The predicted molar refractivity (Wildman–Crippen MR) is 88.6 cm³/mol. The number of rotatable bonds is 4. The number of halogens is 1. The van der Waals surface area contributed by atoms with Gasteiger partial charge in [0.25, 0.3) is 0 Å². The Hall–Kier alpha value is -1.06. The van der Waals surface area contributed by atoms with Gasteiger partial charge >= 0.3 is 0 Å². The number of amides is 1.